The molecule has 0 radical (unpaired) electrons. The van der Waals surface area contributed by atoms with Crippen molar-refractivity contribution in [1.82, 2.24) is 4.31 Å². The number of carboxylic acids is 1. The second-order valence-electron chi connectivity index (χ2n) is 4.33. The van der Waals surface area contributed by atoms with Crippen molar-refractivity contribution in [2.24, 2.45) is 0 Å². The summed E-state index contributed by atoms with van der Waals surface area (Å²) in [6.07, 6.45) is 2.54. The highest BCUT2D eigenvalue weighted by molar-refractivity contribution is 7.98. The van der Waals surface area contributed by atoms with Crippen molar-refractivity contribution in [3.8, 4) is 0 Å². The molecule has 1 unspecified atom stereocenters. The van der Waals surface area contributed by atoms with Crippen molar-refractivity contribution in [2.75, 3.05) is 19.1 Å². The van der Waals surface area contributed by atoms with Gasteiger partial charge >= 0.3 is 5.97 Å². The molecule has 5 nitrogen and oxygen atoms in total. The van der Waals surface area contributed by atoms with E-state index in [9.17, 15) is 13.2 Å². The minimum atomic E-state index is -3.54. The number of thioether (sulfide) groups is 1. The Hall–Kier alpha value is -0.570. The standard InChI is InChI=1S/C12H19NO4S3/c1-4-9(8-18-3)13(2)20(16,17)12-6-5-10(19-12)7-11(14)15/h5-6,9H,4,7-8H2,1-3H3,(H,14,15). The van der Waals surface area contributed by atoms with Crippen LogP contribution in [-0.4, -0.2) is 48.9 Å². The summed E-state index contributed by atoms with van der Waals surface area (Å²) in [5, 5.41) is 8.73. The molecule has 8 heteroatoms. The summed E-state index contributed by atoms with van der Waals surface area (Å²) in [6, 6.07) is 3.00. The quantitative estimate of drug-likeness (QED) is 0.786. The first kappa shape index (κ1) is 17.5. The Kier molecular flexibility index (Phi) is 6.50. The Morgan fingerprint density at radius 3 is 2.65 bits per heavy atom. The first-order valence-electron chi connectivity index (χ1n) is 6.10. The first-order valence-corrected chi connectivity index (χ1v) is 9.75. The average molecular weight is 337 g/mol. The van der Waals surface area contributed by atoms with Crippen LogP contribution in [0.2, 0.25) is 0 Å². The van der Waals surface area contributed by atoms with E-state index in [1.54, 1.807) is 24.9 Å². The van der Waals surface area contributed by atoms with Crippen LogP contribution >= 0.6 is 23.1 Å². The molecule has 114 valence electrons. The van der Waals surface area contributed by atoms with Gasteiger partial charge in [-0.05, 0) is 24.8 Å². The van der Waals surface area contributed by atoms with Crippen molar-refractivity contribution in [3.05, 3.63) is 17.0 Å². The molecule has 1 N–H and O–H groups in total. The average Bonchev–Trinajstić information content (AvgIpc) is 2.83. The molecule has 0 bridgehead atoms. The Morgan fingerprint density at radius 1 is 1.50 bits per heavy atom. The number of rotatable bonds is 8. The SMILES string of the molecule is CCC(CSC)N(C)S(=O)(=O)c1ccc(CC(=O)O)s1. The highest BCUT2D eigenvalue weighted by Crippen LogP contribution is 2.26. The second-order valence-corrected chi connectivity index (χ2v) is 8.63. The molecule has 0 aromatic carbocycles. The zero-order valence-corrected chi connectivity index (χ0v) is 14.1. The Labute approximate surface area is 128 Å². The zero-order valence-electron chi connectivity index (χ0n) is 11.7. The lowest BCUT2D eigenvalue weighted by atomic mass is 10.3. The van der Waals surface area contributed by atoms with E-state index in [0.29, 0.717) is 4.88 Å². The Balaban J connectivity index is 2.97. The van der Waals surface area contributed by atoms with Gasteiger partial charge in [-0.2, -0.15) is 16.1 Å². The molecule has 0 amide bonds. The van der Waals surface area contributed by atoms with Crippen molar-refractivity contribution >= 4 is 39.1 Å². The van der Waals surface area contributed by atoms with E-state index in [1.165, 1.54) is 10.4 Å². The predicted molar refractivity (Wildman–Crippen MR) is 83.1 cm³/mol. The second kappa shape index (κ2) is 7.44. The summed E-state index contributed by atoms with van der Waals surface area (Å²) < 4.78 is 26.6. The normalized spacial score (nSPS) is 13.6. The van der Waals surface area contributed by atoms with Gasteiger partial charge in [0.25, 0.3) is 10.0 Å². The molecule has 0 aliphatic heterocycles. The third-order valence-electron chi connectivity index (χ3n) is 2.94. The third kappa shape index (κ3) is 4.21. The number of aliphatic carboxylic acids is 1. The van der Waals surface area contributed by atoms with Crippen LogP contribution in [0.25, 0.3) is 0 Å². The van der Waals surface area contributed by atoms with Crippen molar-refractivity contribution < 1.29 is 18.3 Å². The van der Waals surface area contributed by atoms with E-state index in [4.69, 9.17) is 5.11 Å². The number of hydrogen-bond donors (Lipinski definition) is 1. The van der Waals surface area contributed by atoms with E-state index in [-0.39, 0.29) is 16.7 Å². The summed E-state index contributed by atoms with van der Waals surface area (Å²) in [5.41, 5.74) is 0. The van der Waals surface area contributed by atoms with E-state index in [1.807, 2.05) is 13.2 Å². The van der Waals surface area contributed by atoms with E-state index in [0.717, 1.165) is 23.5 Å². The Bertz CT molecular complexity index is 553. The largest absolute Gasteiger partial charge is 0.481 e. The van der Waals surface area contributed by atoms with Gasteiger partial charge in [0.15, 0.2) is 0 Å². The number of carboxylic acid groups (broad SMARTS) is 1. The molecular weight excluding hydrogens is 318 g/mol. The fourth-order valence-electron chi connectivity index (χ4n) is 1.75. The molecule has 1 atom stereocenters. The number of carbonyl (C=O) groups is 1. The smallest absolute Gasteiger partial charge is 0.308 e. The van der Waals surface area contributed by atoms with Crippen LogP contribution in [0.15, 0.2) is 16.3 Å². The minimum Gasteiger partial charge on any atom is -0.481 e. The van der Waals surface area contributed by atoms with Crippen LogP contribution in [0.3, 0.4) is 0 Å². The molecule has 0 saturated heterocycles. The van der Waals surface area contributed by atoms with Gasteiger partial charge in [0.2, 0.25) is 0 Å². The maximum Gasteiger partial charge on any atom is 0.308 e. The van der Waals surface area contributed by atoms with E-state index >= 15 is 0 Å². The molecule has 1 aromatic heterocycles. The first-order chi connectivity index (χ1) is 9.32. The van der Waals surface area contributed by atoms with Crippen LogP contribution in [0.4, 0.5) is 0 Å². The van der Waals surface area contributed by atoms with Gasteiger partial charge in [-0.15, -0.1) is 11.3 Å². The van der Waals surface area contributed by atoms with Gasteiger partial charge in [0, 0.05) is 23.7 Å². The van der Waals surface area contributed by atoms with Crippen LogP contribution in [0.5, 0.6) is 0 Å². The highest BCUT2D eigenvalue weighted by Gasteiger charge is 2.28. The lowest BCUT2D eigenvalue weighted by Crippen LogP contribution is -2.37. The van der Waals surface area contributed by atoms with Crippen molar-refractivity contribution in [3.63, 3.8) is 0 Å². The molecule has 1 heterocycles. The summed E-state index contributed by atoms with van der Waals surface area (Å²) in [5.74, 6) is -0.225. The lowest BCUT2D eigenvalue weighted by Gasteiger charge is -2.25. The van der Waals surface area contributed by atoms with Crippen LogP contribution in [-0.2, 0) is 21.2 Å². The fraction of sp³-hybridized carbons (Fsp3) is 0.583. The zero-order chi connectivity index (χ0) is 15.3. The molecule has 0 spiro atoms. The fourth-order valence-corrected chi connectivity index (χ4v) is 5.65. The van der Waals surface area contributed by atoms with Gasteiger partial charge in [0.05, 0.1) is 6.42 Å². The summed E-state index contributed by atoms with van der Waals surface area (Å²) >= 11 is 2.63. The maximum absolute atomic E-state index is 12.5. The lowest BCUT2D eigenvalue weighted by molar-refractivity contribution is -0.136. The van der Waals surface area contributed by atoms with E-state index in [2.05, 4.69) is 0 Å². The van der Waals surface area contributed by atoms with Gasteiger partial charge in [-0.25, -0.2) is 8.42 Å². The number of thiophene rings is 1. The van der Waals surface area contributed by atoms with Gasteiger partial charge in [-0.1, -0.05) is 6.92 Å². The van der Waals surface area contributed by atoms with Crippen LogP contribution in [0, 0.1) is 0 Å². The molecule has 20 heavy (non-hydrogen) atoms. The van der Waals surface area contributed by atoms with Gasteiger partial charge in [-0.3, -0.25) is 4.79 Å². The molecule has 0 fully saturated rings. The summed E-state index contributed by atoms with van der Waals surface area (Å²) in [7, 11) is -1.96. The number of nitrogens with zero attached hydrogens (tertiary/aromatic N) is 1. The minimum absolute atomic E-state index is 0.0555. The monoisotopic (exact) mass is 337 g/mol. The van der Waals surface area contributed by atoms with Gasteiger partial charge in [0.1, 0.15) is 4.21 Å². The highest BCUT2D eigenvalue weighted by atomic mass is 32.2. The number of hydrogen-bond acceptors (Lipinski definition) is 5. The predicted octanol–water partition coefficient (Wildman–Crippen LogP) is 2.14. The molecule has 0 saturated carbocycles. The molecule has 0 aliphatic rings. The third-order valence-corrected chi connectivity index (χ3v) is 7.12. The molecule has 0 aliphatic carbocycles. The summed E-state index contributed by atoms with van der Waals surface area (Å²) in [6.45, 7) is 1.96. The van der Waals surface area contributed by atoms with Crippen molar-refractivity contribution in [1.29, 1.82) is 0 Å². The molecular formula is C12H19NO4S3. The van der Waals surface area contributed by atoms with Crippen LogP contribution in [0.1, 0.15) is 18.2 Å². The molecule has 1 rings (SSSR count). The van der Waals surface area contributed by atoms with E-state index < -0.39 is 16.0 Å². The summed E-state index contributed by atoms with van der Waals surface area (Å²) in [4.78, 5) is 11.2. The van der Waals surface area contributed by atoms with Gasteiger partial charge < -0.3 is 5.11 Å². The van der Waals surface area contributed by atoms with Crippen molar-refractivity contribution in [2.45, 2.75) is 30.0 Å². The maximum atomic E-state index is 12.5. The Morgan fingerprint density at radius 2 is 2.15 bits per heavy atom. The van der Waals surface area contributed by atoms with Crippen LogP contribution < -0.4 is 0 Å². The number of sulfonamides is 1. The topological polar surface area (TPSA) is 74.7 Å². The molecule has 1 aromatic rings.